The highest BCUT2D eigenvalue weighted by atomic mass is 14.9. The summed E-state index contributed by atoms with van der Waals surface area (Å²) in [5.41, 5.74) is 6.54. The third-order valence-corrected chi connectivity index (χ3v) is 6.27. The molecule has 2 heteroatoms. The molecule has 5 rings (SSSR count). The van der Waals surface area contributed by atoms with Crippen LogP contribution in [0.5, 0.6) is 0 Å². The molecule has 154 valence electrons. The minimum Gasteiger partial charge on any atom is -0.347 e. The van der Waals surface area contributed by atoms with Gasteiger partial charge in [0.2, 0.25) is 0 Å². The molecule has 1 heterocycles. The summed E-state index contributed by atoms with van der Waals surface area (Å²) >= 11 is 0. The fourth-order valence-corrected chi connectivity index (χ4v) is 4.57. The summed E-state index contributed by atoms with van der Waals surface area (Å²) < 4.78 is 2.34. The summed E-state index contributed by atoms with van der Waals surface area (Å²) in [4.78, 5) is 0. The number of hydrogen-bond acceptors (Lipinski definition) is 1. The second kappa shape index (κ2) is 8.41. The topological polar surface area (TPSA) is 17.0 Å². The molecule has 1 atom stereocenters. The molecule has 1 aromatic heterocycles. The highest BCUT2D eigenvalue weighted by Gasteiger charge is 2.12. The highest BCUT2D eigenvalue weighted by Crippen LogP contribution is 2.32. The van der Waals surface area contributed by atoms with E-state index in [1.807, 2.05) is 0 Å². The normalized spacial score (nSPS) is 12.5. The van der Waals surface area contributed by atoms with E-state index in [-0.39, 0.29) is 6.04 Å². The van der Waals surface area contributed by atoms with Crippen molar-refractivity contribution < 1.29 is 0 Å². The van der Waals surface area contributed by atoms with Gasteiger partial charge >= 0.3 is 0 Å². The van der Waals surface area contributed by atoms with Crippen molar-refractivity contribution in [1.29, 1.82) is 0 Å². The lowest BCUT2D eigenvalue weighted by atomic mass is 9.99. The van der Waals surface area contributed by atoms with Gasteiger partial charge in [-0.15, -0.1) is 0 Å². The van der Waals surface area contributed by atoms with Crippen LogP contribution in [0.2, 0.25) is 0 Å². The van der Waals surface area contributed by atoms with Crippen molar-refractivity contribution >= 4 is 21.7 Å². The van der Waals surface area contributed by atoms with Gasteiger partial charge in [-0.05, 0) is 53.4 Å². The number of nitrogens with zero attached hydrogens (tertiary/aromatic N) is 1. The monoisotopic (exact) mass is 404 g/mol. The van der Waals surface area contributed by atoms with Crippen LogP contribution in [0.4, 0.5) is 0 Å². The quantitative estimate of drug-likeness (QED) is 0.313. The number of aryl methyl sites for hydroxylation is 1. The van der Waals surface area contributed by atoms with Gasteiger partial charge in [0, 0.05) is 41.8 Å². The molecule has 0 saturated carbocycles. The molecule has 0 saturated heterocycles. The molecule has 0 amide bonds. The lowest BCUT2D eigenvalue weighted by Gasteiger charge is -2.17. The van der Waals surface area contributed by atoms with Crippen LogP contribution in [-0.2, 0) is 13.1 Å². The average molecular weight is 405 g/mol. The Balaban J connectivity index is 1.44. The molecule has 0 spiro atoms. The number of rotatable bonds is 6. The highest BCUT2D eigenvalue weighted by molar-refractivity contribution is 5.96. The lowest BCUT2D eigenvalue weighted by molar-refractivity contribution is 0.578. The Bertz CT molecular complexity index is 1330. The third kappa shape index (κ3) is 3.75. The maximum Gasteiger partial charge on any atom is 0.0486 e. The second-order valence-corrected chi connectivity index (χ2v) is 8.22. The van der Waals surface area contributed by atoms with Crippen molar-refractivity contribution in [3.05, 3.63) is 108 Å². The SMILES string of the molecule is CCn1cc(-c2ccccc2)c2cc(CNC(C)c3cccc4ccccc34)ccc21. The summed E-state index contributed by atoms with van der Waals surface area (Å²) in [6, 6.07) is 33.0. The maximum absolute atomic E-state index is 3.75. The van der Waals surface area contributed by atoms with E-state index in [0.29, 0.717) is 0 Å². The molecule has 1 unspecified atom stereocenters. The van der Waals surface area contributed by atoms with Crippen LogP contribution in [0.3, 0.4) is 0 Å². The van der Waals surface area contributed by atoms with E-state index in [0.717, 1.165) is 13.1 Å². The van der Waals surface area contributed by atoms with Gasteiger partial charge in [0.05, 0.1) is 0 Å². The van der Waals surface area contributed by atoms with Crippen LogP contribution >= 0.6 is 0 Å². The van der Waals surface area contributed by atoms with Crippen molar-refractivity contribution in [2.24, 2.45) is 0 Å². The first kappa shape index (κ1) is 19.6. The van der Waals surface area contributed by atoms with Gasteiger partial charge in [-0.2, -0.15) is 0 Å². The molecule has 0 bridgehead atoms. The predicted octanol–water partition coefficient (Wildman–Crippen LogP) is 7.33. The molecule has 0 radical (unpaired) electrons. The van der Waals surface area contributed by atoms with Crippen LogP contribution in [0.1, 0.15) is 31.0 Å². The Morgan fingerprint density at radius 3 is 2.42 bits per heavy atom. The number of aromatic nitrogens is 1. The third-order valence-electron chi connectivity index (χ3n) is 6.27. The number of benzene rings is 4. The average Bonchev–Trinajstić information content (AvgIpc) is 3.21. The molecular weight excluding hydrogens is 376 g/mol. The zero-order chi connectivity index (χ0) is 21.2. The lowest BCUT2D eigenvalue weighted by Crippen LogP contribution is -2.18. The number of fused-ring (bicyclic) bond motifs is 2. The summed E-state index contributed by atoms with van der Waals surface area (Å²) in [6.07, 6.45) is 2.29. The van der Waals surface area contributed by atoms with Crippen LogP contribution in [0.25, 0.3) is 32.8 Å². The summed E-state index contributed by atoms with van der Waals surface area (Å²) in [5, 5.41) is 7.69. The first-order valence-corrected chi connectivity index (χ1v) is 11.1. The molecule has 0 aliphatic carbocycles. The predicted molar refractivity (Wildman–Crippen MR) is 132 cm³/mol. The minimum atomic E-state index is 0.274. The standard InChI is InChI=1S/C29H28N2/c1-3-31-20-28(24-10-5-4-6-11-24)27-18-22(16-17-29(27)31)19-30-21(2)25-15-9-13-23-12-7-8-14-26(23)25/h4-18,20-21,30H,3,19H2,1-2H3. The van der Waals surface area contributed by atoms with Crippen molar-refractivity contribution in [2.45, 2.75) is 33.0 Å². The number of hydrogen-bond donors (Lipinski definition) is 1. The smallest absolute Gasteiger partial charge is 0.0486 e. The van der Waals surface area contributed by atoms with Crippen molar-refractivity contribution in [2.75, 3.05) is 0 Å². The van der Waals surface area contributed by atoms with Crippen LogP contribution in [0, 0.1) is 0 Å². The zero-order valence-electron chi connectivity index (χ0n) is 18.2. The van der Waals surface area contributed by atoms with E-state index in [1.54, 1.807) is 0 Å². The molecular formula is C29H28N2. The fourth-order valence-electron chi connectivity index (χ4n) is 4.57. The van der Waals surface area contributed by atoms with E-state index in [4.69, 9.17) is 0 Å². The van der Waals surface area contributed by atoms with E-state index in [2.05, 4.69) is 121 Å². The van der Waals surface area contributed by atoms with Crippen LogP contribution in [-0.4, -0.2) is 4.57 Å². The van der Waals surface area contributed by atoms with Gasteiger partial charge in [0.25, 0.3) is 0 Å². The minimum absolute atomic E-state index is 0.274. The van der Waals surface area contributed by atoms with Gasteiger partial charge in [0.1, 0.15) is 0 Å². The van der Waals surface area contributed by atoms with Crippen LogP contribution < -0.4 is 5.32 Å². The fraction of sp³-hybridized carbons (Fsp3) is 0.172. The summed E-state index contributed by atoms with van der Waals surface area (Å²) in [7, 11) is 0. The van der Waals surface area contributed by atoms with E-state index in [1.165, 1.54) is 43.9 Å². The first-order chi connectivity index (χ1) is 15.2. The molecule has 4 aromatic carbocycles. The van der Waals surface area contributed by atoms with Gasteiger partial charge in [0.15, 0.2) is 0 Å². The molecule has 31 heavy (non-hydrogen) atoms. The van der Waals surface area contributed by atoms with E-state index >= 15 is 0 Å². The van der Waals surface area contributed by atoms with E-state index < -0.39 is 0 Å². The Morgan fingerprint density at radius 1 is 0.806 bits per heavy atom. The molecule has 5 aromatic rings. The Hall–Kier alpha value is -3.36. The van der Waals surface area contributed by atoms with Gasteiger partial charge < -0.3 is 9.88 Å². The molecule has 0 fully saturated rings. The summed E-state index contributed by atoms with van der Waals surface area (Å²) in [5.74, 6) is 0. The zero-order valence-corrected chi connectivity index (χ0v) is 18.2. The Morgan fingerprint density at radius 2 is 1.58 bits per heavy atom. The largest absolute Gasteiger partial charge is 0.347 e. The second-order valence-electron chi connectivity index (χ2n) is 8.22. The summed E-state index contributed by atoms with van der Waals surface area (Å²) in [6.45, 7) is 6.27. The molecule has 2 nitrogen and oxygen atoms in total. The Kier molecular flexibility index (Phi) is 5.31. The van der Waals surface area contributed by atoms with Gasteiger partial charge in [-0.1, -0.05) is 78.9 Å². The Labute approximate surface area is 184 Å². The maximum atomic E-state index is 3.75. The molecule has 0 aliphatic rings. The molecule has 1 N–H and O–H groups in total. The van der Waals surface area contributed by atoms with Crippen LogP contribution in [0.15, 0.2) is 97.2 Å². The van der Waals surface area contributed by atoms with Gasteiger partial charge in [-0.3, -0.25) is 0 Å². The van der Waals surface area contributed by atoms with E-state index in [9.17, 15) is 0 Å². The van der Waals surface area contributed by atoms with Crippen molar-refractivity contribution in [3.63, 3.8) is 0 Å². The van der Waals surface area contributed by atoms with Gasteiger partial charge in [-0.25, -0.2) is 0 Å². The van der Waals surface area contributed by atoms with Crippen molar-refractivity contribution in [3.8, 4) is 11.1 Å². The van der Waals surface area contributed by atoms with Crippen molar-refractivity contribution in [1.82, 2.24) is 9.88 Å². The number of nitrogens with one attached hydrogen (secondary N) is 1. The first-order valence-electron chi connectivity index (χ1n) is 11.1. The molecule has 0 aliphatic heterocycles.